The normalized spacial score (nSPS) is 11.2. The first-order valence-electron chi connectivity index (χ1n) is 5.12. The van der Waals surface area contributed by atoms with Gasteiger partial charge in [-0.3, -0.25) is 0 Å². The van der Waals surface area contributed by atoms with E-state index in [0.29, 0.717) is 5.88 Å². The van der Waals surface area contributed by atoms with Crippen molar-refractivity contribution in [3.63, 3.8) is 0 Å². The fraction of sp³-hybridized carbons (Fsp3) is 0.818. The molecule has 0 bridgehead atoms. The van der Waals surface area contributed by atoms with Gasteiger partial charge in [-0.15, -0.1) is 11.6 Å². The first-order valence-corrected chi connectivity index (χ1v) is 5.66. The number of rotatable bonds is 8. The van der Waals surface area contributed by atoms with Gasteiger partial charge in [0, 0.05) is 5.88 Å². The van der Waals surface area contributed by atoms with Gasteiger partial charge < -0.3 is 0 Å². The summed E-state index contributed by atoms with van der Waals surface area (Å²) in [5.41, 5.74) is 0. The molecule has 0 nitrogen and oxygen atoms in total. The van der Waals surface area contributed by atoms with Crippen molar-refractivity contribution in [2.24, 2.45) is 0 Å². The second-order valence-corrected chi connectivity index (χ2v) is 3.49. The SMILES string of the molecule is CCCCCCCC/C=C/CCl. The Morgan fingerprint density at radius 2 is 1.58 bits per heavy atom. The summed E-state index contributed by atoms with van der Waals surface area (Å²) in [6, 6.07) is 0. The Labute approximate surface area is 82.0 Å². The van der Waals surface area contributed by atoms with Gasteiger partial charge in [0.1, 0.15) is 0 Å². The first-order chi connectivity index (χ1) is 5.91. The van der Waals surface area contributed by atoms with Gasteiger partial charge in [-0.1, -0.05) is 51.2 Å². The molecule has 0 saturated heterocycles. The van der Waals surface area contributed by atoms with Crippen LogP contribution in [0.15, 0.2) is 12.2 Å². The summed E-state index contributed by atoms with van der Waals surface area (Å²) in [7, 11) is 0. The monoisotopic (exact) mass is 188 g/mol. The van der Waals surface area contributed by atoms with Crippen LogP contribution in [0.2, 0.25) is 0 Å². The van der Waals surface area contributed by atoms with E-state index in [-0.39, 0.29) is 0 Å². The third-order valence-electron chi connectivity index (χ3n) is 1.98. The van der Waals surface area contributed by atoms with Gasteiger partial charge in [-0.2, -0.15) is 0 Å². The van der Waals surface area contributed by atoms with Crippen LogP contribution in [-0.4, -0.2) is 5.88 Å². The molecule has 0 aliphatic heterocycles. The molecule has 0 unspecified atom stereocenters. The minimum atomic E-state index is 0.663. The molecule has 0 aliphatic carbocycles. The van der Waals surface area contributed by atoms with Crippen LogP contribution in [-0.2, 0) is 0 Å². The third kappa shape index (κ3) is 10.0. The van der Waals surface area contributed by atoms with E-state index >= 15 is 0 Å². The highest BCUT2D eigenvalue weighted by Crippen LogP contribution is 2.06. The Morgan fingerprint density at radius 1 is 0.917 bits per heavy atom. The molecular formula is C11H21Cl. The summed E-state index contributed by atoms with van der Waals surface area (Å²) < 4.78 is 0. The van der Waals surface area contributed by atoms with Crippen molar-refractivity contribution in [3.8, 4) is 0 Å². The van der Waals surface area contributed by atoms with Gasteiger partial charge in [0.05, 0.1) is 0 Å². The summed E-state index contributed by atoms with van der Waals surface area (Å²) in [6.45, 7) is 2.25. The van der Waals surface area contributed by atoms with E-state index in [0.717, 1.165) is 0 Å². The molecule has 0 N–H and O–H groups in total. The van der Waals surface area contributed by atoms with Gasteiger partial charge in [0.15, 0.2) is 0 Å². The third-order valence-corrected chi connectivity index (χ3v) is 2.16. The van der Waals surface area contributed by atoms with E-state index < -0.39 is 0 Å². The van der Waals surface area contributed by atoms with Crippen LogP contribution in [0, 0.1) is 0 Å². The maximum Gasteiger partial charge on any atom is 0.0404 e. The molecule has 12 heavy (non-hydrogen) atoms. The molecule has 72 valence electrons. The molecule has 0 aromatic rings. The Hall–Kier alpha value is 0.0300. The summed E-state index contributed by atoms with van der Waals surface area (Å²) >= 11 is 5.50. The molecule has 0 aromatic carbocycles. The standard InChI is InChI=1S/C11H21Cl/c1-2-3-4-5-6-7-8-9-10-11-12/h9-10H,2-8,11H2,1H3/b10-9+. The molecule has 0 amide bonds. The number of alkyl halides is 1. The van der Waals surface area contributed by atoms with Crippen molar-refractivity contribution in [1.29, 1.82) is 0 Å². The van der Waals surface area contributed by atoms with Crippen LogP contribution in [0.3, 0.4) is 0 Å². The molecule has 0 rings (SSSR count). The minimum absolute atomic E-state index is 0.663. The van der Waals surface area contributed by atoms with Crippen molar-refractivity contribution in [1.82, 2.24) is 0 Å². The minimum Gasteiger partial charge on any atom is -0.122 e. The largest absolute Gasteiger partial charge is 0.122 e. The highest BCUT2D eigenvalue weighted by molar-refractivity contribution is 6.18. The smallest absolute Gasteiger partial charge is 0.0404 e. The van der Waals surface area contributed by atoms with Gasteiger partial charge >= 0.3 is 0 Å². The van der Waals surface area contributed by atoms with Crippen LogP contribution in [0.25, 0.3) is 0 Å². The average Bonchev–Trinajstić information content (AvgIpc) is 2.10. The fourth-order valence-corrected chi connectivity index (χ4v) is 1.35. The summed E-state index contributed by atoms with van der Waals surface area (Å²) in [6.07, 6.45) is 13.7. The second-order valence-electron chi connectivity index (χ2n) is 3.18. The fourth-order valence-electron chi connectivity index (χ4n) is 1.22. The number of halogens is 1. The molecule has 1 heteroatoms. The van der Waals surface area contributed by atoms with Gasteiger partial charge in [-0.05, 0) is 12.8 Å². The van der Waals surface area contributed by atoms with Gasteiger partial charge in [0.25, 0.3) is 0 Å². The molecule has 0 radical (unpaired) electrons. The summed E-state index contributed by atoms with van der Waals surface area (Å²) in [5, 5.41) is 0. The zero-order valence-corrected chi connectivity index (χ0v) is 8.95. The van der Waals surface area contributed by atoms with E-state index in [2.05, 4.69) is 13.0 Å². The van der Waals surface area contributed by atoms with E-state index in [1.54, 1.807) is 0 Å². The quantitative estimate of drug-likeness (QED) is 0.298. The molecule has 0 atom stereocenters. The van der Waals surface area contributed by atoms with E-state index in [9.17, 15) is 0 Å². The van der Waals surface area contributed by atoms with Gasteiger partial charge in [0.2, 0.25) is 0 Å². The number of hydrogen-bond donors (Lipinski definition) is 0. The Morgan fingerprint density at radius 3 is 2.25 bits per heavy atom. The lowest BCUT2D eigenvalue weighted by atomic mass is 10.1. The molecule has 0 aliphatic rings. The molecule has 0 aromatic heterocycles. The first kappa shape index (κ1) is 12.0. The molecule has 0 fully saturated rings. The lowest BCUT2D eigenvalue weighted by Gasteiger charge is -1.97. The Bertz CT molecular complexity index is 97.2. The summed E-state index contributed by atoms with van der Waals surface area (Å²) in [4.78, 5) is 0. The molecule has 0 spiro atoms. The topological polar surface area (TPSA) is 0 Å². The van der Waals surface area contributed by atoms with E-state index in [1.165, 1.54) is 44.9 Å². The van der Waals surface area contributed by atoms with Crippen LogP contribution in [0.5, 0.6) is 0 Å². The number of unbranched alkanes of at least 4 members (excludes halogenated alkanes) is 6. The van der Waals surface area contributed by atoms with E-state index in [1.807, 2.05) is 6.08 Å². The Balaban J connectivity index is 2.86. The van der Waals surface area contributed by atoms with Crippen LogP contribution >= 0.6 is 11.6 Å². The number of allylic oxidation sites excluding steroid dienone is 2. The maximum absolute atomic E-state index is 5.50. The molecule has 0 saturated carbocycles. The number of hydrogen-bond acceptors (Lipinski definition) is 0. The highest BCUT2D eigenvalue weighted by atomic mass is 35.5. The highest BCUT2D eigenvalue weighted by Gasteiger charge is 1.87. The van der Waals surface area contributed by atoms with Crippen molar-refractivity contribution in [3.05, 3.63) is 12.2 Å². The zero-order chi connectivity index (χ0) is 9.07. The molecule has 0 heterocycles. The van der Waals surface area contributed by atoms with Crippen molar-refractivity contribution >= 4 is 11.6 Å². The van der Waals surface area contributed by atoms with Crippen LogP contribution in [0.4, 0.5) is 0 Å². The average molecular weight is 189 g/mol. The molecular weight excluding hydrogens is 168 g/mol. The maximum atomic E-state index is 5.50. The van der Waals surface area contributed by atoms with Crippen LogP contribution < -0.4 is 0 Å². The van der Waals surface area contributed by atoms with Crippen molar-refractivity contribution < 1.29 is 0 Å². The predicted molar refractivity (Wildman–Crippen MR) is 57.9 cm³/mol. The van der Waals surface area contributed by atoms with Crippen molar-refractivity contribution in [2.45, 2.75) is 51.9 Å². The lowest BCUT2D eigenvalue weighted by molar-refractivity contribution is 0.611. The second kappa shape index (κ2) is 11.0. The van der Waals surface area contributed by atoms with Gasteiger partial charge in [-0.25, -0.2) is 0 Å². The lowest BCUT2D eigenvalue weighted by Crippen LogP contribution is -1.77. The van der Waals surface area contributed by atoms with E-state index in [4.69, 9.17) is 11.6 Å². The Kier molecular flexibility index (Phi) is 11.1. The van der Waals surface area contributed by atoms with Crippen LogP contribution in [0.1, 0.15) is 51.9 Å². The zero-order valence-electron chi connectivity index (χ0n) is 8.19. The van der Waals surface area contributed by atoms with Crippen molar-refractivity contribution in [2.75, 3.05) is 5.88 Å². The predicted octanol–water partition coefficient (Wildman–Crippen LogP) is 4.53. The summed E-state index contributed by atoms with van der Waals surface area (Å²) in [5.74, 6) is 0.663.